The molecule has 5 nitrogen and oxygen atoms in total. The van der Waals surface area contributed by atoms with Crippen LogP contribution in [0, 0.1) is 20.8 Å². The number of aromatic hydroxyl groups is 1. The second-order valence-corrected chi connectivity index (χ2v) is 5.72. The Morgan fingerprint density at radius 1 is 1.05 bits per heavy atom. The van der Waals surface area contributed by atoms with Gasteiger partial charge >= 0.3 is 0 Å². The van der Waals surface area contributed by atoms with Gasteiger partial charge in [0.1, 0.15) is 5.75 Å². The molecule has 0 atom stereocenters. The van der Waals surface area contributed by atoms with E-state index < -0.39 is 10.1 Å². The monoisotopic (exact) mass is 295 g/mol. The lowest BCUT2D eigenvalue weighted by Crippen LogP contribution is -1.96. The number of benzene rings is 1. The summed E-state index contributed by atoms with van der Waals surface area (Å²) in [5.74, 6) is 0.311. The minimum atomic E-state index is -4.00. The molecule has 0 aliphatic rings. The minimum absolute atomic E-state index is 0.0741. The maximum atomic E-state index is 10.4. The van der Waals surface area contributed by atoms with Crippen LogP contribution in [0.5, 0.6) is 5.75 Å². The lowest BCUT2D eigenvalue weighted by Gasteiger charge is -2.02. The summed E-state index contributed by atoms with van der Waals surface area (Å²) in [4.78, 5) is 4.01. The van der Waals surface area contributed by atoms with E-state index in [4.69, 9.17) is 4.55 Å². The molecule has 0 fully saturated rings. The van der Waals surface area contributed by atoms with E-state index >= 15 is 0 Å². The normalized spacial score (nSPS) is 10.6. The van der Waals surface area contributed by atoms with Crippen LogP contribution in [-0.4, -0.2) is 23.1 Å². The lowest BCUT2D eigenvalue weighted by atomic mass is 10.2. The van der Waals surface area contributed by atoms with E-state index in [1.165, 1.54) is 12.1 Å². The quantitative estimate of drug-likeness (QED) is 0.790. The van der Waals surface area contributed by atoms with Gasteiger partial charge in [0.2, 0.25) is 0 Å². The zero-order valence-electron chi connectivity index (χ0n) is 11.5. The molecule has 1 aromatic heterocycles. The van der Waals surface area contributed by atoms with Crippen molar-refractivity contribution in [3.8, 4) is 5.75 Å². The van der Waals surface area contributed by atoms with Crippen molar-refractivity contribution in [1.82, 2.24) is 4.98 Å². The first kappa shape index (κ1) is 16.1. The van der Waals surface area contributed by atoms with Crippen LogP contribution in [0.1, 0.15) is 17.0 Å². The molecule has 0 aliphatic heterocycles. The summed E-state index contributed by atoms with van der Waals surface area (Å²) < 4.78 is 29.2. The molecule has 1 heterocycles. The fourth-order valence-corrected chi connectivity index (χ4v) is 2.11. The smallest absolute Gasteiger partial charge is 0.294 e. The fourth-order valence-electron chi connectivity index (χ4n) is 1.61. The number of aromatic nitrogens is 1. The molecule has 2 N–H and O–H groups in total. The largest absolute Gasteiger partial charge is 0.506 e. The Morgan fingerprint density at radius 2 is 1.60 bits per heavy atom. The van der Waals surface area contributed by atoms with Gasteiger partial charge in [0.05, 0.1) is 10.6 Å². The third kappa shape index (κ3) is 4.64. The van der Waals surface area contributed by atoms with Gasteiger partial charge in [-0.05, 0) is 44.5 Å². The van der Waals surface area contributed by atoms with Crippen LogP contribution >= 0.6 is 0 Å². The highest BCUT2D eigenvalue weighted by molar-refractivity contribution is 7.85. The van der Waals surface area contributed by atoms with E-state index in [9.17, 15) is 13.5 Å². The Morgan fingerprint density at radius 3 is 2.00 bits per heavy atom. The van der Waals surface area contributed by atoms with Crippen molar-refractivity contribution in [1.29, 1.82) is 0 Å². The first-order valence-electron chi connectivity index (χ1n) is 5.88. The summed E-state index contributed by atoms with van der Waals surface area (Å²) in [6.07, 6.45) is 0. The Kier molecular flexibility index (Phi) is 5.24. The van der Waals surface area contributed by atoms with Gasteiger partial charge in [0, 0.05) is 5.69 Å². The number of hydrogen-bond acceptors (Lipinski definition) is 4. The van der Waals surface area contributed by atoms with Crippen molar-refractivity contribution in [2.24, 2.45) is 0 Å². The van der Waals surface area contributed by atoms with E-state index in [0.29, 0.717) is 11.4 Å². The molecule has 2 rings (SSSR count). The molecule has 0 spiro atoms. The maximum absolute atomic E-state index is 10.4. The van der Waals surface area contributed by atoms with E-state index in [2.05, 4.69) is 4.98 Å². The highest BCUT2D eigenvalue weighted by Gasteiger charge is 2.05. The molecule has 0 amide bonds. The van der Waals surface area contributed by atoms with Gasteiger partial charge in [0.25, 0.3) is 10.1 Å². The summed E-state index contributed by atoms with van der Waals surface area (Å²) in [6, 6.07) is 9.29. The molecule has 0 radical (unpaired) electrons. The maximum Gasteiger partial charge on any atom is 0.294 e. The molecule has 0 aliphatic carbocycles. The van der Waals surface area contributed by atoms with Gasteiger partial charge in [-0.25, -0.2) is 0 Å². The molecule has 0 bridgehead atoms. The first-order chi connectivity index (χ1) is 9.21. The summed E-state index contributed by atoms with van der Waals surface area (Å²) in [6.45, 7) is 5.59. The average Bonchev–Trinajstić information content (AvgIpc) is 2.37. The molecular formula is C14H17NO4S. The summed E-state index contributed by atoms with van der Waals surface area (Å²) in [5.41, 5.74) is 2.55. The molecule has 2 aromatic rings. The molecule has 1 aromatic carbocycles. The molecule has 0 unspecified atom stereocenters. The van der Waals surface area contributed by atoms with E-state index in [-0.39, 0.29) is 4.90 Å². The van der Waals surface area contributed by atoms with Crippen LogP contribution in [0.4, 0.5) is 0 Å². The Balaban J connectivity index is 0.000000200. The predicted molar refractivity (Wildman–Crippen MR) is 76.4 cm³/mol. The van der Waals surface area contributed by atoms with Crippen molar-refractivity contribution in [2.45, 2.75) is 25.7 Å². The summed E-state index contributed by atoms with van der Waals surface area (Å²) in [7, 11) is -4.00. The van der Waals surface area contributed by atoms with Gasteiger partial charge in [-0.15, -0.1) is 0 Å². The van der Waals surface area contributed by atoms with Gasteiger partial charge in [-0.3, -0.25) is 9.54 Å². The summed E-state index contributed by atoms with van der Waals surface area (Å²) >= 11 is 0. The second kappa shape index (κ2) is 6.49. The fraction of sp³-hybridized carbons (Fsp3) is 0.214. The van der Waals surface area contributed by atoms with Gasteiger partial charge < -0.3 is 5.11 Å². The standard InChI is InChI=1S/C8H11NO.C6H6O3S/c1-5-4-6(2)9-7(3)8(5)10;7-10(8,9)6-4-2-1-3-5-6/h4,10H,1-3H3;1-5H,(H,7,8,9). The SMILES string of the molecule is Cc1cc(C)c(O)c(C)n1.O=S(=O)(O)c1ccccc1. The van der Waals surface area contributed by atoms with E-state index in [1.807, 2.05) is 19.9 Å². The number of aryl methyl sites for hydroxylation is 3. The molecule has 0 saturated heterocycles. The zero-order chi connectivity index (χ0) is 15.3. The Labute approximate surface area is 118 Å². The molecular weight excluding hydrogens is 278 g/mol. The van der Waals surface area contributed by atoms with Gasteiger partial charge in [0.15, 0.2) is 0 Å². The van der Waals surface area contributed by atoms with E-state index in [0.717, 1.165) is 11.3 Å². The van der Waals surface area contributed by atoms with Crippen molar-refractivity contribution in [2.75, 3.05) is 0 Å². The van der Waals surface area contributed by atoms with Crippen molar-refractivity contribution in [3.63, 3.8) is 0 Å². The van der Waals surface area contributed by atoms with Crippen molar-refractivity contribution >= 4 is 10.1 Å². The van der Waals surface area contributed by atoms with Crippen molar-refractivity contribution in [3.05, 3.63) is 53.3 Å². The Hall–Kier alpha value is -1.92. The van der Waals surface area contributed by atoms with Crippen molar-refractivity contribution < 1.29 is 18.1 Å². The third-order valence-electron chi connectivity index (χ3n) is 2.53. The van der Waals surface area contributed by atoms with Gasteiger partial charge in [-0.2, -0.15) is 8.42 Å². The molecule has 0 saturated carbocycles. The topological polar surface area (TPSA) is 87.5 Å². The van der Waals surface area contributed by atoms with Gasteiger partial charge in [-0.1, -0.05) is 18.2 Å². The average molecular weight is 295 g/mol. The summed E-state index contributed by atoms with van der Waals surface area (Å²) in [5, 5.41) is 9.27. The van der Waals surface area contributed by atoms with Crippen LogP contribution in [0.15, 0.2) is 41.3 Å². The zero-order valence-corrected chi connectivity index (χ0v) is 12.3. The van der Waals surface area contributed by atoms with Crippen LogP contribution in [0.2, 0.25) is 0 Å². The Bertz CT molecular complexity index is 659. The van der Waals surface area contributed by atoms with Crippen LogP contribution in [0.25, 0.3) is 0 Å². The third-order valence-corrected chi connectivity index (χ3v) is 3.39. The van der Waals surface area contributed by atoms with Crippen LogP contribution in [0.3, 0.4) is 0 Å². The predicted octanol–water partition coefficient (Wildman–Crippen LogP) is 2.65. The highest BCUT2D eigenvalue weighted by atomic mass is 32.2. The number of pyridine rings is 1. The lowest BCUT2D eigenvalue weighted by molar-refractivity contribution is 0.463. The second-order valence-electron chi connectivity index (χ2n) is 4.30. The van der Waals surface area contributed by atoms with Crippen LogP contribution in [-0.2, 0) is 10.1 Å². The number of rotatable bonds is 1. The van der Waals surface area contributed by atoms with E-state index in [1.54, 1.807) is 25.1 Å². The minimum Gasteiger partial charge on any atom is -0.506 e. The molecule has 20 heavy (non-hydrogen) atoms. The first-order valence-corrected chi connectivity index (χ1v) is 7.32. The molecule has 6 heteroatoms. The number of hydrogen-bond donors (Lipinski definition) is 2. The highest BCUT2D eigenvalue weighted by Crippen LogP contribution is 2.19. The molecule has 108 valence electrons. The van der Waals surface area contributed by atoms with Crippen LogP contribution < -0.4 is 0 Å². The number of nitrogens with zero attached hydrogens (tertiary/aromatic N) is 1.